The topological polar surface area (TPSA) is 24.1 Å². The third kappa shape index (κ3) is 4.31. The summed E-state index contributed by atoms with van der Waals surface area (Å²) >= 11 is 18.0. The Balaban J connectivity index is 1.95. The lowest BCUT2D eigenvalue weighted by atomic mass is 10.3. The molecule has 0 aromatic heterocycles. The van der Waals surface area contributed by atoms with Gasteiger partial charge < -0.3 is 10.2 Å². The number of rotatable bonds is 5. The molecule has 24 heavy (non-hydrogen) atoms. The lowest BCUT2D eigenvalue weighted by Gasteiger charge is -2.27. The zero-order chi connectivity index (χ0) is 17.0. The van der Waals surface area contributed by atoms with Crippen LogP contribution in [0.25, 0.3) is 0 Å². The molecule has 6 heteroatoms. The van der Waals surface area contributed by atoms with Gasteiger partial charge in [0.25, 0.3) is 0 Å². The van der Waals surface area contributed by atoms with Crippen molar-refractivity contribution in [2.75, 3.05) is 10.2 Å². The minimum atomic E-state index is -2.30. The van der Waals surface area contributed by atoms with Crippen molar-refractivity contribution in [3.05, 3.63) is 88.9 Å². The molecule has 0 spiro atoms. The fourth-order valence-corrected chi connectivity index (χ4v) is 5.39. The van der Waals surface area contributed by atoms with Crippen LogP contribution in [0.4, 0.5) is 11.4 Å². The molecule has 0 aliphatic carbocycles. The molecule has 0 heterocycles. The first kappa shape index (κ1) is 17.3. The minimum Gasteiger partial charge on any atom is -0.339 e. The Bertz CT molecular complexity index is 801. The maximum absolute atomic E-state index is 6.02. The Morgan fingerprint density at radius 3 is 1.46 bits per heavy atom. The molecule has 3 aromatic rings. The monoisotopic (exact) mass is 392 g/mol. The first-order chi connectivity index (χ1) is 11.5. The Morgan fingerprint density at radius 2 is 1.04 bits per heavy atom. The molecule has 0 saturated carbocycles. The molecular weight excluding hydrogens is 378 g/mol. The van der Waals surface area contributed by atoms with Gasteiger partial charge in [-0.05, 0) is 60.3 Å². The molecule has 0 unspecified atom stereocenters. The van der Waals surface area contributed by atoms with Crippen LogP contribution in [-0.4, -0.2) is 0 Å². The van der Waals surface area contributed by atoms with Crippen LogP contribution in [0.3, 0.4) is 0 Å². The second kappa shape index (κ2) is 7.58. The van der Waals surface area contributed by atoms with Gasteiger partial charge in [0, 0.05) is 26.7 Å². The van der Waals surface area contributed by atoms with Gasteiger partial charge in [0.1, 0.15) is 6.34 Å². The van der Waals surface area contributed by atoms with E-state index in [1.807, 2.05) is 78.9 Å². The van der Waals surface area contributed by atoms with Crippen LogP contribution >= 0.6 is 29.5 Å². The normalized spacial score (nSPS) is 11.1. The van der Waals surface area contributed by atoms with Crippen LogP contribution in [0, 0.1) is 0 Å². The van der Waals surface area contributed by atoms with Gasteiger partial charge in [-0.15, -0.1) is 0 Å². The predicted molar refractivity (Wildman–Crippen MR) is 111 cm³/mol. The van der Waals surface area contributed by atoms with Crippen molar-refractivity contribution < 1.29 is 0 Å². The van der Waals surface area contributed by atoms with Gasteiger partial charge in [0.05, 0.1) is 0 Å². The molecule has 2 nitrogen and oxygen atoms in total. The van der Waals surface area contributed by atoms with E-state index in [-0.39, 0.29) is 0 Å². The summed E-state index contributed by atoms with van der Waals surface area (Å²) in [7, 11) is 0. The molecule has 0 radical (unpaired) electrons. The molecule has 0 fully saturated rings. The van der Waals surface area contributed by atoms with Crippen molar-refractivity contribution in [1.82, 2.24) is 0 Å². The van der Waals surface area contributed by atoms with E-state index in [0.29, 0.717) is 10.0 Å². The lowest BCUT2D eigenvalue weighted by molar-refractivity contribution is 1.63. The lowest BCUT2D eigenvalue weighted by Crippen LogP contribution is -2.17. The van der Waals surface area contributed by atoms with E-state index >= 15 is 0 Å². The third-order valence-electron chi connectivity index (χ3n) is 3.38. The Morgan fingerprint density at radius 1 is 0.625 bits per heavy atom. The van der Waals surface area contributed by atoms with Gasteiger partial charge in [0.2, 0.25) is 0 Å². The Hall–Kier alpha value is -1.51. The molecule has 3 aromatic carbocycles. The van der Waals surface area contributed by atoms with Crippen molar-refractivity contribution in [1.29, 1.82) is 0 Å². The molecule has 0 amide bonds. The van der Waals surface area contributed by atoms with Crippen LogP contribution in [-0.2, 0) is 11.8 Å². The fraction of sp³-hybridized carbons (Fsp3) is 0. The van der Waals surface area contributed by atoms with E-state index in [2.05, 4.69) is 10.2 Å². The van der Waals surface area contributed by atoms with Crippen molar-refractivity contribution in [2.24, 2.45) is 0 Å². The zero-order valence-electron chi connectivity index (χ0n) is 12.6. The quantitative estimate of drug-likeness (QED) is 0.509. The smallest absolute Gasteiger partial charge is 0.148 e. The number of hydrogen-bond acceptors (Lipinski definition) is 1. The standard InChI is InChI=1S/C18H15Cl2N2PS/c19-14-6-10-16(11-7-14)21-23(24,18-4-2-1-3-5-18)22-17-12-8-15(20)9-13-17/h1-13H,(H2,21,22,24). The van der Waals surface area contributed by atoms with Crippen LogP contribution in [0.15, 0.2) is 78.9 Å². The summed E-state index contributed by atoms with van der Waals surface area (Å²) < 4.78 is 0. The summed E-state index contributed by atoms with van der Waals surface area (Å²) in [6, 6.07) is 25.1. The molecular formula is C18H15Cl2N2PS. The summed E-state index contributed by atoms with van der Waals surface area (Å²) in [6.07, 6.45) is -2.30. The van der Waals surface area contributed by atoms with E-state index in [1.165, 1.54) is 0 Å². The number of benzene rings is 3. The largest absolute Gasteiger partial charge is 0.339 e. The first-order valence-electron chi connectivity index (χ1n) is 7.28. The maximum Gasteiger partial charge on any atom is 0.148 e. The number of anilines is 2. The molecule has 0 aliphatic heterocycles. The van der Waals surface area contributed by atoms with Crippen molar-refractivity contribution in [3.63, 3.8) is 0 Å². The van der Waals surface area contributed by atoms with E-state index in [4.69, 9.17) is 35.0 Å². The third-order valence-corrected chi connectivity index (χ3v) is 7.24. The molecule has 0 aliphatic rings. The van der Waals surface area contributed by atoms with Crippen LogP contribution < -0.4 is 15.5 Å². The number of hydrogen-bond donors (Lipinski definition) is 2. The molecule has 0 atom stereocenters. The second-order valence-corrected chi connectivity index (χ2v) is 9.88. The highest BCUT2D eigenvalue weighted by atomic mass is 35.5. The van der Waals surface area contributed by atoms with Crippen LogP contribution in [0.1, 0.15) is 0 Å². The average Bonchev–Trinajstić information content (AvgIpc) is 2.60. The summed E-state index contributed by atoms with van der Waals surface area (Å²) in [5, 5.41) is 9.40. The highest BCUT2D eigenvalue weighted by Crippen LogP contribution is 2.45. The molecule has 0 bridgehead atoms. The SMILES string of the molecule is S=P(Nc1ccc(Cl)cc1)(Nc1ccc(Cl)cc1)c1ccccc1. The second-order valence-electron chi connectivity index (χ2n) is 5.18. The van der Waals surface area contributed by atoms with Gasteiger partial charge in [-0.1, -0.05) is 53.5 Å². The summed E-state index contributed by atoms with van der Waals surface area (Å²) in [5.41, 5.74) is 1.85. The average molecular weight is 393 g/mol. The van der Waals surface area contributed by atoms with Crippen molar-refractivity contribution in [3.8, 4) is 0 Å². The molecule has 3 rings (SSSR count). The van der Waals surface area contributed by atoms with Gasteiger partial charge in [-0.2, -0.15) is 0 Å². The van der Waals surface area contributed by atoms with Gasteiger partial charge in [-0.3, -0.25) is 0 Å². The van der Waals surface area contributed by atoms with Crippen molar-refractivity contribution in [2.45, 2.75) is 0 Å². The molecule has 2 N–H and O–H groups in total. The van der Waals surface area contributed by atoms with E-state index in [0.717, 1.165) is 16.7 Å². The van der Waals surface area contributed by atoms with Crippen LogP contribution in [0.5, 0.6) is 0 Å². The number of nitrogens with one attached hydrogen (secondary N) is 2. The molecule has 122 valence electrons. The maximum atomic E-state index is 6.02. The summed E-state index contributed by atoms with van der Waals surface area (Å²) in [4.78, 5) is 0. The van der Waals surface area contributed by atoms with E-state index in [1.54, 1.807) is 0 Å². The van der Waals surface area contributed by atoms with Gasteiger partial charge in [0.15, 0.2) is 0 Å². The molecule has 0 saturated heterocycles. The Labute approximate surface area is 156 Å². The highest BCUT2D eigenvalue weighted by molar-refractivity contribution is 8.19. The summed E-state index contributed by atoms with van der Waals surface area (Å²) in [5.74, 6) is 0. The summed E-state index contributed by atoms with van der Waals surface area (Å²) in [6.45, 7) is 0. The van der Waals surface area contributed by atoms with E-state index in [9.17, 15) is 0 Å². The van der Waals surface area contributed by atoms with Gasteiger partial charge >= 0.3 is 0 Å². The highest BCUT2D eigenvalue weighted by Gasteiger charge is 2.19. The zero-order valence-corrected chi connectivity index (χ0v) is 15.8. The number of halogens is 2. The first-order valence-corrected chi connectivity index (χ1v) is 10.8. The predicted octanol–water partition coefficient (Wildman–Crippen LogP) is 6.15. The van der Waals surface area contributed by atoms with Gasteiger partial charge in [-0.25, -0.2) is 0 Å². The van der Waals surface area contributed by atoms with Crippen molar-refractivity contribution >= 4 is 58.0 Å². The minimum absolute atomic E-state index is 0.694. The van der Waals surface area contributed by atoms with E-state index < -0.39 is 6.34 Å². The van der Waals surface area contributed by atoms with Crippen LogP contribution in [0.2, 0.25) is 10.0 Å². The fourth-order valence-electron chi connectivity index (χ4n) is 2.21. The Kier molecular flexibility index (Phi) is 5.47.